The van der Waals surface area contributed by atoms with E-state index in [4.69, 9.17) is 16.3 Å². The lowest BCUT2D eigenvalue weighted by atomic mass is 10.1. The Morgan fingerprint density at radius 2 is 2.37 bits per heavy atom. The van der Waals surface area contributed by atoms with Crippen molar-refractivity contribution in [3.63, 3.8) is 0 Å². The first-order valence-corrected chi connectivity index (χ1v) is 6.00. The van der Waals surface area contributed by atoms with Crippen molar-refractivity contribution in [1.29, 1.82) is 0 Å². The number of hydrogen-bond donors (Lipinski definition) is 2. The molecule has 2 aromatic rings. The fourth-order valence-corrected chi connectivity index (χ4v) is 1.81. The summed E-state index contributed by atoms with van der Waals surface area (Å²) in [6, 6.07) is 5.17. The number of carbonyl (C=O) groups is 1. The van der Waals surface area contributed by atoms with E-state index in [0.29, 0.717) is 23.1 Å². The number of nitrogens with zero attached hydrogens (tertiary/aromatic N) is 2. The minimum absolute atomic E-state index is 0.142. The number of carbonyl (C=O) groups excluding carboxylic acids is 1. The summed E-state index contributed by atoms with van der Waals surface area (Å²) in [4.78, 5) is 15.7. The van der Waals surface area contributed by atoms with Crippen LogP contribution in [0.15, 0.2) is 24.5 Å². The zero-order valence-electron chi connectivity index (χ0n) is 10.3. The minimum atomic E-state index is -0.142. The molecule has 0 atom stereocenters. The Labute approximate surface area is 115 Å². The third-order valence-corrected chi connectivity index (χ3v) is 2.75. The predicted octanol–water partition coefficient (Wildman–Crippen LogP) is 1.33. The Morgan fingerprint density at radius 1 is 1.53 bits per heavy atom. The molecule has 0 aliphatic rings. The summed E-state index contributed by atoms with van der Waals surface area (Å²) in [6.07, 6.45) is 1.58. The molecule has 0 aliphatic heterocycles. The Bertz CT molecular complexity index is 557. The predicted molar refractivity (Wildman–Crippen MR) is 69.9 cm³/mol. The summed E-state index contributed by atoms with van der Waals surface area (Å²) in [5.41, 5.74) is 0.741. The van der Waals surface area contributed by atoms with Crippen molar-refractivity contribution in [2.24, 2.45) is 0 Å². The van der Waals surface area contributed by atoms with Crippen molar-refractivity contribution >= 4 is 17.5 Å². The number of halogens is 1. The molecule has 1 aromatic heterocycles. The summed E-state index contributed by atoms with van der Waals surface area (Å²) in [5.74, 6) is 1.10. The molecule has 19 heavy (non-hydrogen) atoms. The van der Waals surface area contributed by atoms with Gasteiger partial charge in [0.2, 0.25) is 5.91 Å². The summed E-state index contributed by atoms with van der Waals surface area (Å²) < 4.78 is 5.18. The molecule has 2 rings (SSSR count). The van der Waals surface area contributed by atoms with Gasteiger partial charge in [-0.3, -0.25) is 9.89 Å². The standard InChI is InChI=1S/C12H13ClN4O2/c1-19-10-3-2-9(13)4-8(10)5-12(18)14-6-11-15-7-16-17-11/h2-4,7H,5-6H2,1H3,(H,14,18)(H,15,16,17). The first-order valence-electron chi connectivity index (χ1n) is 5.62. The average Bonchev–Trinajstić information content (AvgIpc) is 2.90. The van der Waals surface area contributed by atoms with E-state index in [0.717, 1.165) is 5.56 Å². The van der Waals surface area contributed by atoms with Crippen LogP contribution in [0.4, 0.5) is 0 Å². The van der Waals surface area contributed by atoms with Gasteiger partial charge in [0.05, 0.1) is 20.1 Å². The van der Waals surface area contributed by atoms with Crippen LogP contribution in [-0.2, 0) is 17.8 Å². The fraction of sp³-hybridized carbons (Fsp3) is 0.250. The maximum Gasteiger partial charge on any atom is 0.224 e. The van der Waals surface area contributed by atoms with E-state index < -0.39 is 0 Å². The van der Waals surface area contributed by atoms with Crippen LogP contribution in [0.2, 0.25) is 5.02 Å². The van der Waals surface area contributed by atoms with Gasteiger partial charge < -0.3 is 10.1 Å². The van der Waals surface area contributed by atoms with Crippen LogP contribution < -0.4 is 10.1 Å². The van der Waals surface area contributed by atoms with E-state index in [9.17, 15) is 4.79 Å². The van der Waals surface area contributed by atoms with Crippen LogP contribution in [0.25, 0.3) is 0 Å². The molecule has 1 aromatic carbocycles. The van der Waals surface area contributed by atoms with Gasteiger partial charge in [0.25, 0.3) is 0 Å². The normalized spacial score (nSPS) is 10.2. The van der Waals surface area contributed by atoms with Gasteiger partial charge in [0, 0.05) is 10.6 Å². The molecule has 0 aliphatic carbocycles. The van der Waals surface area contributed by atoms with Crippen molar-refractivity contribution in [2.45, 2.75) is 13.0 Å². The third-order valence-electron chi connectivity index (χ3n) is 2.51. The Balaban J connectivity index is 1.96. The largest absolute Gasteiger partial charge is 0.496 e. The quantitative estimate of drug-likeness (QED) is 0.866. The molecule has 0 fully saturated rings. The van der Waals surface area contributed by atoms with Gasteiger partial charge in [-0.1, -0.05) is 11.6 Å². The molecule has 0 bridgehead atoms. The molecule has 0 spiro atoms. The lowest BCUT2D eigenvalue weighted by Crippen LogP contribution is -2.25. The first kappa shape index (κ1) is 13.4. The smallest absolute Gasteiger partial charge is 0.224 e. The monoisotopic (exact) mass is 280 g/mol. The van der Waals surface area contributed by atoms with Crippen molar-refractivity contribution in [3.05, 3.63) is 40.9 Å². The number of amides is 1. The molecule has 0 saturated heterocycles. The highest BCUT2D eigenvalue weighted by Gasteiger charge is 2.09. The van der Waals surface area contributed by atoms with Crippen molar-refractivity contribution in [1.82, 2.24) is 20.5 Å². The molecule has 1 amide bonds. The van der Waals surface area contributed by atoms with Crippen molar-refractivity contribution in [3.8, 4) is 5.75 Å². The van der Waals surface area contributed by atoms with Crippen LogP contribution in [0.1, 0.15) is 11.4 Å². The van der Waals surface area contributed by atoms with Gasteiger partial charge >= 0.3 is 0 Å². The lowest BCUT2D eigenvalue weighted by Gasteiger charge is -2.09. The van der Waals surface area contributed by atoms with Gasteiger partial charge in [-0.25, -0.2) is 4.98 Å². The van der Waals surface area contributed by atoms with Gasteiger partial charge in [-0.2, -0.15) is 5.10 Å². The molecule has 1 heterocycles. The fourth-order valence-electron chi connectivity index (χ4n) is 1.62. The zero-order valence-corrected chi connectivity index (χ0v) is 11.1. The number of rotatable bonds is 5. The molecule has 0 radical (unpaired) electrons. The Morgan fingerprint density at radius 3 is 3.05 bits per heavy atom. The van der Waals surface area contributed by atoms with Crippen LogP contribution in [0.5, 0.6) is 5.75 Å². The third kappa shape index (κ3) is 3.69. The van der Waals surface area contributed by atoms with Gasteiger partial charge in [0.15, 0.2) is 0 Å². The first-order chi connectivity index (χ1) is 9.19. The van der Waals surface area contributed by atoms with E-state index in [-0.39, 0.29) is 12.3 Å². The SMILES string of the molecule is COc1ccc(Cl)cc1CC(=O)NCc1ncn[nH]1. The zero-order chi connectivity index (χ0) is 13.7. The van der Waals surface area contributed by atoms with Crippen LogP contribution >= 0.6 is 11.6 Å². The average molecular weight is 281 g/mol. The van der Waals surface area contributed by atoms with Gasteiger partial charge in [0.1, 0.15) is 17.9 Å². The number of aromatic nitrogens is 3. The van der Waals surface area contributed by atoms with Crippen LogP contribution in [0.3, 0.4) is 0 Å². The molecule has 7 heteroatoms. The summed E-state index contributed by atoms with van der Waals surface area (Å²) in [7, 11) is 1.55. The maximum absolute atomic E-state index is 11.8. The number of aromatic amines is 1. The maximum atomic E-state index is 11.8. The highest BCUT2D eigenvalue weighted by Crippen LogP contribution is 2.22. The van der Waals surface area contributed by atoms with E-state index in [1.165, 1.54) is 6.33 Å². The Hall–Kier alpha value is -2.08. The second kappa shape index (κ2) is 6.19. The van der Waals surface area contributed by atoms with Crippen molar-refractivity contribution in [2.75, 3.05) is 7.11 Å². The number of H-pyrrole nitrogens is 1. The van der Waals surface area contributed by atoms with Crippen LogP contribution in [0, 0.1) is 0 Å². The summed E-state index contributed by atoms with van der Waals surface area (Å²) >= 11 is 5.91. The highest BCUT2D eigenvalue weighted by molar-refractivity contribution is 6.30. The van der Waals surface area contributed by atoms with E-state index >= 15 is 0 Å². The molecular weight excluding hydrogens is 268 g/mol. The van der Waals surface area contributed by atoms with Gasteiger partial charge in [-0.05, 0) is 18.2 Å². The topological polar surface area (TPSA) is 79.9 Å². The second-order valence-corrected chi connectivity index (χ2v) is 4.28. The Kier molecular flexibility index (Phi) is 4.35. The second-order valence-electron chi connectivity index (χ2n) is 3.84. The lowest BCUT2D eigenvalue weighted by molar-refractivity contribution is -0.120. The molecule has 6 nitrogen and oxygen atoms in total. The van der Waals surface area contributed by atoms with E-state index in [2.05, 4.69) is 20.5 Å². The summed E-state index contributed by atoms with van der Waals surface area (Å²) in [6.45, 7) is 0.307. The molecule has 2 N–H and O–H groups in total. The van der Waals surface area contributed by atoms with Crippen molar-refractivity contribution < 1.29 is 9.53 Å². The van der Waals surface area contributed by atoms with E-state index in [1.54, 1.807) is 25.3 Å². The number of benzene rings is 1. The molecular formula is C12H13ClN4O2. The molecule has 0 unspecified atom stereocenters. The highest BCUT2D eigenvalue weighted by atomic mass is 35.5. The molecule has 100 valence electrons. The van der Waals surface area contributed by atoms with Gasteiger partial charge in [-0.15, -0.1) is 0 Å². The minimum Gasteiger partial charge on any atom is -0.496 e. The molecule has 0 saturated carbocycles. The number of nitrogens with one attached hydrogen (secondary N) is 2. The number of ether oxygens (including phenoxy) is 1. The summed E-state index contributed by atoms with van der Waals surface area (Å²) in [5, 5.41) is 9.67. The number of methoxy groups -OCH3 is 1. The van der Waals surface area contributed by atoms with E-state index in [1.807, 2.05) is 0 Å². The van der Waals surface area contributed by atoms with Crippen LogP contribution in [-0.4, -0.2) is 28.2 Å². The number of hydrogen-bond acceptors (Lipinski definition) is 4.